The van der Waals surface area contributed by atoms with Gasteiger partial charge in [0.1, 0.15) is 4.70 Å². The lowest BCUT2D eigenvalue weighted by atomic mass is 10.1. The van der Waals surface area contributed by atoms with Gasteiger partial charge in [0.05, 0.1) is 10.7 Å². The van der Waals surface area contributed by atoms with Crippen molar-refractivity contribution < 1.29 is 4.57 Å². The number of aryl methyl sites for hydroxylation is 1. The fourth-order valence-electron chi connectivity index (χ4n) is 4.77. The third kappa shape index (κ3) is 7.01. The first kappa shape index (κ1) is 26.0. The second kappa shape index (κ2) is 13.9. The van der Waals surface area contributed by atoms with E-state index in [1.54, 1.807) is 0 Å². The summed E-state index contributed by atoms with van der Waals surface area (Å²) in [4.78, 5) is 3.91. The monoisotopic (exact) mass is 505 g/mol. The molecule has 35 heavy (non-hydrogen) atoms. The number of allylic oxidation sites excluding steroid dienone is 2. The van der Waals surface area contributed by atoms with E-state index >= 15 is 0 Å². The summed E-state index contributed by atoms with van der Waals surface area (Å²) < 4.78 is 3.91. The van der Waals surface area contributed by atoms with Gasteiger partial charge in [-0.1, -0.05) is 112 Å². The standard InChI is InChI=1S/C31H41N2S2/c1-3-5-7-9-15-24-32-26-18-11-13-20-28(26)34-30(32)22-17-23-31-33(25-16-10-8-6-4-2)27-19-12-14-21-29(27)35-31/h11-14,17-23H,3-10,15-16,24-25H2,1-2H3/q+1. The highest BCUT2D eigenvalue weighted by molar-refractivity contribution is 8.03. The molecule has 186 valence electrons. The largest absolute Gasteiger partial charge is 0.335 e. The maximum Gasteiger partial charge on any atom is 0.262 e. The average molecular weight is 506 g/mol. The molecule has 2 aromatic carbocycles. The lowest BCUT2D eigenvalue weighted by Crippen LogP contribution is -2.34. The van der Waals surface area contributed by atoms with Crippen LogP contribution in [0.25, 0.3) is 16.3 Å². The van der Waals surface area contributed by atoms with Gasteiger partial charge in [-0.2, -0.15) is 4.57 Å². The SMILES string of the molecule is CCCCCCCN1/C(=C/C=C/c2sc3ccccc3[n+]2CCCCCCC)Sc2ccccc21. The van der Waals surface area contributed by atoms with Gasteiger partial charge in [-0.15, -0.1) is 0 Å². The van der Waals surface area contributed by atoms with Crippen LogP contribution >= 0.6 is 23.1 Å². The molecule has 0 fully saturated rings. The van der Waals surface area contributed by atoms with Crippen LogP contribution < -0.4 is 9.47 Å². The van der Waals surface area contributed by atoms with Crippen LogP contribution in [0, 0.1) is 0 Å². The molecule has 0 N–H and O–H groups in total. The summed E-state index contributed by atoms with van der Waals surface area (Å²) in [6.07, 6.45) is 20.1. The zero-order valence-electron chi connectivity index (χ0n) is 21.5. The van der Waals surface area contributed by atoms with Crippen LogP contribution in [0.5, 0.6) is 0 Å². The molecule has 2 nitrogen and oxygen atoms in total. The molecule has 0 saturated carbocycles. The number of anilines is 1. The Kier molecular flexibility index (Phi) is 10.3. The van der Waals surface area contributed by atoms with Crippen LogP contribution in [-0.4, -0.2) is 6.54 Å². The minimum atomic E-state index is 1.11. The average Bonchev–Trinajstić information content (AvgIpc) is 3.41. The Balaban J connectivity index is 1.49. The van der Waals surface area contributed by atoms with Crippen LogP contribution in [0.15, 0.2) is 70.6 Å². The Morgan fingerprint density at radius 3 is 2.34 bits per heavy atom. The van der Waals surface area contributed by atoms with Crippen LogP contribution in [0.2, 0.25) is 0 Å². The third-order valence-electron chi connectivity index (χ3n) is 6.72. The van der Waals surface area contributed by atoms with Gasteiger partial charge in [0.25, 0.3) is 5.01 Å². The van der Waals surface area contributed by atoms with Gasteiger partial charge >= 0.3 is 0 Å². The number of para-hydroxylation sites is 2. The van der Waals surface area contributed by atoms with E-state index < -0.39 is 0 Å². The van der Waals surface area contributed by atoms with E-state index in [1.165, 1.54) is 95.0 Å². The maximum absolute atomic E-state index is 2.53. The molecular formula is C31H41N2S2+. The van der Waals surface area contributed by atoms with Crippen molar-refractivity contribution in [3.63, 3.8) is 0 Å². The molecule has 2 heterocycles. The Bertz CT molecular complexity index is 1130. The van der Waals surface area contributed by atoms with Crippen molar-refractivity contribution in [2.24, 2.45) is 0 Å². The number of thiazole rings is 1. The van der Waals surface area contributed by atoms with E-state index in [2.05, 4.69) is 90.1 Å². The van der Waals surface area contributed by atoms with E-state index in [9.17, 15) is 0 Å². The summed E-state index contributed by atoms with van der Waals surface area (Å²) in [5.41, 5.74) is 2.74. The molecule has 3 aromatic rings. The van der Waals surface area contributed by atoms with Crippen molar-refractivity contribution in [3.05, 3.63) is 70.7 Å². The molecule has 4 rings (SSSR count). The van der Waals surface area contributed by atoms with E-state index in [4.69, 9.17) is 0 Å². The topological polar surface area (TPSA) is 7.12 Å². The molecule has 0 atom stereocenters. The van der Waals surface area contributed by atoms with E-state index in [-0.39, 0.29) is 0 Å². The van der Waals surface area contributed by atoms with Crippen LogP contribution in [0.3, 0.4) is 0 Å². The van der Waals surface area contributed by atoms with Crippen molar-refractivity contribution >= 4 is 45.1 Å². The number of hydrogen-bond donors (Lipinski definition) is 0. The molecule has 1 aliphatic heterocycles. The predicted molar refractivity (Wildman–Crippen MR) is 156 cm³/mol. The fraction of sp³-hybridized carbons (Fsp3) is 0.452. The van der Waals surface area contributed by atoms with Gasteiger partial charge in [-0.05, 0) is 37.1 Å². The zero-order valence-corrected chi connectivity index (χ0v) is 23.2. The van der Waals surface area contributed by atoms with Gasteiger partial charge in [-0.25, -0.2) is 0 Å². The van der Waals surface area contributed by atoms with Crippen LogP contribution in [-0.2, 0) is 6.54 Å². The zero-order chi connectivity index (χ0) is 24.3. The summed E-state index contributed by atoms with van der Waals surface area (Å²) in [5, 5.41) is 2.70. The smallest absolute Gasteiger partial charge is 0.262 e. The minimum absolute atomic E-state index is 1.11. The first-order valence-corrected chi connectivity index (χ1v) is 15.3. The number of rotatable bonds is 14. The summed E-state index contributed by atoms with van der Waals surface area (Å²) in [6.45, 7) is 6.78. The first-order valence-electron chi connectivity index (χ1n) is 13.7. The number of nitrogens with zero attached hydrogens (tertiary/aromatic N) is 2. The molecule has 1 aromatic heterocycles. The maximum atomic E-state index is 2.53. The first-order chi connectivity index (χ1) is 17.3. The van der Waals surface area contributed by atoms with Gasteiger partial charge in [0.2, 0.25) is 5.52 Å². The van der Waals surface area contributed by atoms with Crippen molar-refractivity contribution in [2.75, 3.05) is 11.4 Å². The third-order valence-corrected chi connectivity index (χ3v) is 8.98. The molecule has 0 saturated heterocycles. The summed E-state index contributed by atoms with van der Waals surface area (Å²) in [7, 11) is 0. The summed E-state index contributed by atoms with van der Waals surface area (Å²) in [5.74, 6) is 0. The Hall–Kier alpha value is -2.04. The van der Waals surface area contributed by atoms with E-state index in [1.807, 2.05) is 23.1 Å². The Labute approximate surface area is 220 Å². The van der Waals surface area contributed by atoms with Gasteiger partial charge in [-0.3, -0.25) is 0 Å². The number of unbranched alkanes of at least 4 members (excludes halogenated alkanes) is 8. The van der Waals surface area contributed by atoms with Crippen LogP contribution in [0.1, 0.15) is 83.1 Å². The van der Waals surface area contributed by atoms with Crippen molar-refractivity contribution in [3.8, 4) is 0 Å². The van der Waals surface area contributed by atoms with Crippen molar-refractivity contribution in [2.45, 2.75) is 89.5 Å². The molecule has 0 bridgehead atoms. The lowest BCUT2D eigenvalue weighted by Gasteiger charge is -2.20. The van der Waals surface area contributed by atoms with Gasteiger partial charge in [0.15, 0.2) is 6.54 Å². The number of benzene rings is 2. The molecule has 0 amide bonds. The van der Waals surface area contributed by atoms with E-state index in [0.29, 0.717) is 0 Å². The molecule has 1 aliphatic rings. The molecule has 0 unspecified atom stereocenters. The quantitative estimate of drug-likeness (QED) is 0.159. The van der Waals surface area contributed by atoms with Gasteiger partial charge < -0.3 is 4.90 Å². The Morgan fingerprint density at radius 2 is 1.51 bits per heavy atom. The Morgan fingerprint density at radius 1 is 0.800 bits per heavy atom. The summed E-state index contributed by atoms with van der Waals surface area (Å²) in [6, 6.07) is 17.7. The molecular weight excluding hydrogens is 464 g/mol. The fourth-order valence-corrected chi connectivity index (χ4v) is 6.98. The minimum Gasteiger partial charge on any atom is -0.335 e. The number of fused-ring (bicyclic) bond motifs is 2. The predicted octanol–water partition coefficient (Wildman–Crippen LogP) is 9.60. The molecule has 0 aliphatic carbocycles. The van der Waals surface area contributed by atoms with Crippen LogP contribution in [0.4, 0.5) is 5.69 Å². The highest BCUT2D eigenvalue weighted by Crippen LogP contribution is 2.45. The van der Waals surface area contributed by atoms with E-state index in [0.717, 1.165) is 13.1 Å². The van der Waals surface area contributed by atoms with Crippen molar-refractivity contribution in [1.29, 1.82) is 0 Å². The lowest BCUT2D eigenvalue weighted by molar-refractivity contribution is -0.669. The highest BCUT2D eigenvalue weighted by atomic mass is 32.2. The number of aromatic nitrogens is 1. The summed E-state index contributed by atoms with van der Waals surface area (Å²) >= 11 is 3.82. The van der Waals surface area contributed by atoms with Crippen molar-refractivity contribution in [1.82, 2.24) is 0 Å². The van der Waals surface area contributed by atoms with Gasteiger partial charge in [0, 0.05) is 30.0 Å². The second-order valence-corrected chi connectivity index (χ2v) is 11.6. The highest BCUT2D eigenvalue weighted by Gasteiger charge is 2.24. The second-order valence-electron chi connectivity index (χ2n) is 9.47. The number of thioether (sulfide) groups is 1. The molecule has 4 heteroatoms. The molecule has 0 spiro atoms. The molecule has 0 radical (unpaired) electrons. The number of hydrogen-bond acceptors (Lipinski definition) is 3. The normalized spacial score (nSPS) is 14.6.